The summed E-state index contributed by atoms with van der Waals surface area (Å²) in [6, 6.07) is 14.3. The van der Waals surface area contributed by atoms with Gasteiger partial charge in [-0.1, -0.05) is 42.5 Å². The predicted octanol–water partition coefficient (Wildman–Crippen LogP) is 2.05. The normalized spacial score (nSPS) is 16.4. The molecule has 24 heavy (non-hydrogen) atoms. The fourth-order valence-corrected chi connectivity index (χ4v) is 2.34. The highest BCUT2D eigenvalue weighted by Gasteiger charge is 2.35. The second-order valence-corrected chi connectivity index (χ2v) is 5.29. The molecule has 3 rings (SSSR count). The van der Waals surface area contributed by atoms with E-state index in [9.17, 15) is 19.5 Å². The van der Waals surface area contributed by atoms with Crippen LogP contribution in [0.1, 0.15) is 11.1 Å². The number of phenols is 1. The van der Waals surface area contributed by atoms with Gasteiger partial charge in [0.15, 0.2) is 0 Å². The van der Waals surface area contributed by atoms with Gasteiger partial charge in [0.1, 0.15) is 11.3 Å². The first-order valence-corrected chi connectivity index (χ1v) is 7.26. The fraction of sp³-hybridized carbons (Fsp3) is 0.0556. The van der Waals surface area contributed by atoms with E-state index in [0.29, 0.717) is 5.56 Å². The maximum atomic E-state index is 12.5. The molecular formula is C18H14N2O4. The standard InChI is InChI=1S/C18H14N2O4/c21-14-8-6-12(7-9-14)10-15-16(22)19-18(24)20(17(15)23)11-13-4-2-1-3-5-13/h1-10,21H,11H2,(H,19,22,24)/b15-10-. The molecule has 0 aromatic heterocycles. The van der Waals surface area contributed by atoms with E-state index >= 15 is 0 Å². The summed E-state index contributed by atoms with van der Waals surface area (Å²) in [6.45, 7) is 0.0751. The van der Waals surface area contributed by atoms with Crippen LogP contribution in [0.3, 0.4) is 0 Å². The summed E-state index contributed by atoms with van der Waals surface area (Å²) >= 11 is 0. The van der Waals surface area contributed by atoms with Gasteiger partial charge >= 0.3 is 6.03 Å². The number of imide groups is 2. The molecule has 1 saturated heterocycles. The van der Waals surface area contributed by atoms with Crippen molar-refractivity contribution >= 4 is 23.9 Å². The van der Waals surface area contributed by atoms with Crippen LogP contribution in [0.15, 0.2) is 60.2 Å². The van der Waals surface area contributed by atoms with E-state index in [0.717, 1.165) is 10.5 Å². The summed E-state index contributed by atoms with van der Waals surface area (Å²) in [5, 5.41) is 11.5. The first kappa shape index (κ1) is 15.5. The van der Waals surface area contributed by atoms with E-state index in [4.69, 9.17) is 0 Å². The fourth-order valence-electron chi connectivity index (χ4n) is 2.34. The van der Waals surface area contributed by atoms with Crippen molar-refractivity contribution in [1.82, 2.24) is 10.2 Å². The first-order valence-electron chi connectivity index (χ1n) is 7.26. The molecule has 0 spiro atoms. The Balaban J connectivity index is 1.89. The van der Waals surface area contributed by atoms with Gasteiger partial charge in [-0.05, 0) is 29.3 Å². The van der Waals surface area contributed by atoms with Gasteiger partial charge in [-0.2, -0.15) is 0 Å². The number of rotatable bonds is 3. The van der Waals surface area contributed by atoms with Gasteiger partial charge in [-0.25, -0.2) is 4.79 Å². The van der Waals surface area contributed by atoms with Gasteiger partial charge in [0.25, 0.3) is 11.8 Å². The number of carbonyl (C=O) groups excluding carboxylic acids is 3. The molecule has 0 unspecified atom stereocenters. The van der Waals surface area contributed by atoms with Crippen LogP contribution >= 0.6 is 0 Å². The van der Waals surface area contributed by atoms with Crippen molar-refractivity contribution in [3.05, 3.63) is 71.3 Å². The van der Waals surface area contributed by atoms with Crippen molar-refractivity contribution in [1.29, 1.82) is 0 Å². The van der Waals surface area contributed by atoms with Crippen molar-refractivity contribution in [2.75, 3.05) is 0 Å². The lowest BCUT2D eigenvalue weighted by Crippen LogP contribution is -2.53. The molecule has 1 aliphatic rings. The lowest BCUT2D eigenvalue weighted by molar-refractivity contribution is -0.130. The summed E-state index contributed by atoms with van der Waals surface area (Å²) < 4.78 is 0. The monoisotopic (exact) mass is 322 g/mol. The molecule has 0 bridgehead atoms. The molecule has 2 aromatic rings. The third-order valence-electron chi connectivity index (χ3n) is 3.57. The van der Waals surface area contributed by atoms with E-state index in [2.05, 4.69) is 5.32 Å². The molecule has 6 heteroatoms. The molecule has 4 amide bonds. The highest BCUT2D eigenvalue weighted by molar-refractivity contribution is 6.30. The average Bonchev–Trinajstić information content (AvgIpc) is 2.58. The third-order valence-corrected chi connectivity index (χ3v) is 3.57. The number of nitrogens with one attached hydrogen (secondary N) is 1. The average molecular weight is 322 g/mol. The van der Waals surface area contributed by atoms with E-state index < -0.39 is 17.8 Å². The Bertz CT molecular complexity index is 826. The molecule has 6 nitrogen and oxygen atoms in total. The molecule has 1 aliphatic heterocycles. The van der Waals surface area contributed by atoms with Crippen LogP contribution in [0.2, 0.25) is 0 Å². The number of barbiturate groups is 1. The number of carbonyl (C=O) groups is 3. The molecule has 0 saturated carbocycles. The number of nitrogens with zero attached hydrogens (tertiary/aromatic N) is 1. The Morgan fingerprint density at radius 2 is 1.62 bits per heavy atom. The van der Waals surface area contributed by atoms with E-state index in [1.807, 2.05) is 6.07 Å². The Hall–Kier alpha value is -3.41. The summed E-state index contributed by atoms with van der Waals surface area (Å²) in [7, 11) is 0. The number of benzene rings is 2. The SMILES string of the molecule is O=C1NC(=O)N(Cc2ccccc2)C(=O)/C1=C\c1ccc(O)cc1. The molecule has 2 N–H and O–H groups in total. The smallest absolute Gasteiger partial charge is 0.331 e. The Kier molecular flexibility index (Phi) is 4.11. The zero-order valence-corrected chi connectivity index (χ0v) is 12.6. The highest BCUT2D eigenvalue weighted by Crippen LogP contribution is 2.18. The lowest BCUT2D eigenvalue weighted by Gasteiger charge is -2.26. The Morgan fingerprint density at radius 1 is 0.958 bits per heavy atom. The van der Waals surface area contributed by atoms with Gasteiger partial charge in [0.05, 0.1) is 6.54 Å². The second-order valence-electron chi connectivity index (χ2n) is 5.29. The minimum absolute atomic E-state index is 0.0751. The topological polar surface area (TPSA) is 86.7 Å². The summed E-state index contributed by atoms with van der Waals surface area (Å²) in [5.41, 5.74) is 1.22. The first-order chi connectivity index (χ1) is 11.5. The van der Waals surface area contributed by atoms with Crippen molar-refractivity contribution < 1.29 is 19.5 Å². The van der Waals surface area contributed by atoms with Crippen LogP contribution < -0.4 is 5.32 Å². The minimum atomic E-state index is -0.739. The van der Waals surface area contributed by atoms with E-state index in [1.165, 1.54) is 18.2 Å². The van der Waals surface area contributed by atoms with E-state index in [1.54, 1.807) is 36.4 Å². The number of aromatic hydroxyl groups is 1. The number of amides is 4. The van der Waals surface area contributed by atoms with Gasteiger partial charge in [-0.3, -0.25) is 19.8 Å². The van der Waals surface area contributed by atoms with Crippen LogP contribution in [-0.2, 0) is 16.1 Å². The largest absolute Gasteiger partial charge is 0.508 e. The summed E-state index contributed by atoms with van der Waals surface area (Å²) in [6.07, 6.45) is 1.39. The van der Waals surface area contributed by atoms with Crippen LogP contribution in [0.5, 0.6) is 5.75 Å². The van der Waals surface area contributed by atoms with Crippen LogP contribution in [0, 0.1) is 0 Å². The Labute approximate surface area is 138 Å². The molecule has 0 atom stereocenters. The van der Waals surface area contributed by atoms with Crippen molar-refractivity contribution in [3.63, 3.8) is 0 Å². The predicted molar refractivity (Wildman–Crippen MR) is 86.6 cm³/mol. The third kappa shape index (κ3) is 3.17. The molecular weight excluding hydrogens is 308 g/mol. The summed E-state index contributed by atoms with van der Waals surface area (Å²) in [4.78, 5) is 37.5. The molecule has 0 radical (unpaired) electrons. The molecule has 2 aromatic carbocycles. The van der Waals surface area contributed by atoms with E-state index in [-0.39, 0.29) is 17.9 Å². The number of hydrogen-bond donors (Lipinski definition) is 2. The maximum Gasteiger partial charge on any atom is 0.331 e. The highest BCUT2D eigenvalue weighted by atomic mass is 16.3. The lowest BCUT2D eigenvalue weighted by atomic mass is 10.1. The Morgan fingerprint density at radius 3 is 2.29 bits per heavy atom. The van der Waals surface area contributed by atoms with Gasteiger partial charge in [0, 0.05) is 0 Å². The second kappa shape index (κ2) is 6.37. The minimum Gasteiger partial charge on any atom is -0.508 e. The number of urea groups is 1. The van der Waals surface area contributed by atoms with Gasteiger partial charge < -0.3 is 5.11 Å². The quantitative estimate of drug-likeness (QED) is 0.669. The van der Waals surface area contributed by atoms with Crippen LogP contribution in [0.4, 0.5) is 4.79 Å². The molecule has 1 fully saturated rings. The zero-order valence-electron chi connectivity index (χ0n) is 12.6. The molecule has 0 aliphatic carbocycles. The van der Waals surface area contributed by atoms with Crippen LogP contribution in [0.25, 0.3) is 6.08 Å². The van der Waals surface area contributed by atoms with Crippen molar-refractivity contribution in [3.8, 4) is 5.75 Å². The van der Waals surface area contributed by atoms with Gasteiger partial charge in [-0.15, -0.1) is 0 Å². The molecule has 1 heterocycles. The molecule has 120 valence electrons. The van der Waals surface area contributed by atoms with Crippen LogP contribution in [-0.4, -0.2) is 27.9 Å². The summed E-state index contributed by atoms with van der Waals surface area (Å²) in [5.74, 6) is -1.31. The van der Waals surface area contributed by atoms with Gasteiger partial charge in [0.2, 0.25) is 0 Å². The zero-order chi connectivity index (χ0) is 17.1. The van der Waals surface area contributed by atoms with Crippen molar-refractivity contribution in [2.45, 2.75) is 6.54 Å². The number of phenolic OH excluding ortho intramolecular Hbond substituents is 1. The van der Waals surface area contributed by atoms with Crippen molar-refractivity contribution in [2.24, 2.45) is 0 Å². The number of hydrogen-bond acceptors (Lipinski definition) is 4. The maximum absolute atomic E-state index is 12.5.